The van der Waals surface area contributed by atoms with Crippen LogP contribution in [0.2, 0.25) is 0 Å². The zero-order valence-electron chi connectivity index (χ0n) is 9.93. The maximum absolute atomic E-state index is 12.3. The molecular formula is C12H17F3N2. The average molecular weight is 246 g/mol. The highest BCUT2D eigenvalue weighted by Crippen LogP contribution is 2.30. The molecule has 0 heterocycles. The molecule has 2 nitrogen and oxygen atoms in total. The molecule has 1 aromatic carbocycles. The zero-order valence-corrected chi connectivity index (χ0v) is 9.93. The lowest BCUT2D eigenvalue weighted by Crippen LogP contribution is -2.41. The van der Waals surface area contributed by atoms with Gasteiger partial charge in [-0.15, -0.1) is 0 Å². The predicted molar refractivity (Wildman–Crippen MR) is 62.8 cm³/mol. The van der Waals surface area contributed by atoms with Crippen LogP contribution in [0, 0.1) is 0 Å². The van der Waals surface area contributed by atoms with Gasteiger partial charge in [-0.05, 0) is 37.6 Å². The second-order valence-corrected chi connectivity index (χ2v) is 4.32. The van der Waals surface area contributed by atoms with Gasteiger partial charge in [-0.25, -0.2) is 0 Å². The third-order valence-electron chi connectivity index (χ3n) is 2.89. The van der Waals surface area contributed by atoms with E-state index in [1.54, 1.807) is 0 Å². The van der Waals surface area contributed by atoms with E-state index in [4.69, 9.17) is 5.73 Å². The van der Waals surface area contributed by atoms with E-state index in [0.29, 0.717) is 12.2 Å². The van der Waals surface area contributed by atoms with Crippen LogP contribution in [0.25, 0.3) is 0 Å². The van der Waals surface area contributed by atoms with Crippen LogP contribution in [-0.2, 0) is 6.18 Å². The third kappa shape index (κ3) is 3.63. The first-order valence-electron chi connectivity index (χ1n) is 5.46. The van der Waals surface area contributed by atoms with Crippen molar-refractivity contribution in [3.8, 4) is 0 Å². The van der Waals surface area contributed by atoms with Crippen molar-refractivity contribution in [1.29, 1.82) is 0 Å². The fourth-order valence-electron chi connectivity index (χ4n) is 1.37. The lowest BCUT2D eigenvalue weighted by atomic mass is 9.98. The van der Waals surface area contributed by atoms with Crippen molar-refractivity contribution in [2.24, 2.45) is 5.73 Å². The highest BCUT2D eigenvalue weighted by atomic mass is 19.4. The molecule has 1 unspecified atom stereocenters. The van der Waals surface area contributed by atoms with Gasteiger partial charge in [0.05, 0.1) is 5.56 Å². The van der Waals surface area contributed by atoms with Crippen LogP contribution >= 0.6 is 0 Å². The Morgan fingerprint density at radius 2 is 1.71 bits per heavy atom. The van der Waals surface area contributed by atoms with Gasteiger partial charge in [0.1, 0.15) is 0 Å². The molecule has 1 aromatic rings. The maximum Gasteiger partial charge on any atom is 0.416 e. The number of hydrogen-bond donors (Lipinski definition) is 2. The average Bonchev–Trinajstić information content (AvgIpc) is 2.28. The smallest absolute Gasteiger partial charge is 0.379 e. The standard InChI is InChI=1S/C12H17F3N2/c1-3-11(2,8-16)17-10-6-4-9(5-7-10)12(13,14)15/h4-7,17H,3,8,16H2,1-2H3. The Hall–Kier alpha value is -1.23. The summed E-state index contributed by atoms with van der Waals surface area (Å²) < 4.78 is 37.0. The van der Waals surface area contributed by atoms with Gasteiger partial charge in [0, 0.05) is 17.8 Å². The van der Waals surface area contributed by atoms with Crippen molar-refractivity contribution in [2.75, 3.05) is 11.9 Å². The molecule has 0 aliphatic carbocycles. The second kappa shape index (κ2) is 4.96. The van der Waals surface area contributed by atoms with Crippen molar-refractivity contribution < 1.29 is 13.2 Å². The molecule has 0 aliphatic rings. The Balaban J connectivity index is 2.82. The van der Waals surface area contributed by atoms with E-state index >= 15 is 0 Å². The van der Waals surface area contributed by atoms with E-state index in [1.807, 2.05) is 13.8 Å². The molecule has 0 saturated heterocycles. The van der Waals surface area contributed by atoms with Gasteiger partial charge in [-0.1, -0.05) is 6.92 Å². The lowest BCUT2D eigenvalue weighted by Gasteiger charge is -2.29. The van der Waals surface area contributed by atoms with Crippen LogP contribution in [0.5, 0.6) is 0 Å². The van der Waals surface area contributed by atoms with Crippen molar-refractivity contribution >= 4 is 5.69 Å². The minimum atomic E-state index is -4.29. The predicted octanol–water partition coefficient (Wildman–Crippen LogP) is 3.24. The fraction of sp³-hybridized carbons (Fsp3) is 0.500. The van der Waals surface area contributed by atoms with Crippen LogP contribution in [-0.4, -0.2) is 12.1 Å². The first-order valence-corrected chi connectivity index (χ1v) is 5.46. The van der Waals surface area contributed by atoms with Crippen molar-refractivity contribution in [3.63, 3.8) is 0 Å². The molecule has 1 atom stereocenters. The van der Waals surface area contributed by atoms with Crippen LogP contribution in [0.15, 0.2) is 24.3 Å². The molecule has 0 fully saturated rings. The summed E-state index contributed by atoms with van der Waals surface area (Å²) in [7, 11) is 0. The molecule has 0 bridgehead atoms. The topological polar surface area (TPSA) is 38.0 Å². The summed E-state index contributed by atoms with van der Waals surface area (Å²) in [6.07, 6.45) is -3.50. The molecule has 3 N–H and O–H groups in total. The molecule has 0 aromatic heterocycles. The van der Waals surface area contributed by atoms with Crippen molar-refractivity contribution in [1.82, 2.24) is 0 Å². The number of hydrogen-bond acceptors (Lipinski definition) is 2. The minimum absolute atomic E-state index is 0.292. The Morgan fingerprint density at radius 3 is 2.06 bits per heavy atom. The van der Waals surface area contributed by atoms with Crippen molar-refractivity contribution in [2.45, 2.75) is 32.0 Å². The van der Waals surface area contributed by atoms with Gasteiger partial charge < -0.3 is 11.1 Å². The summed E-state index contributed by atoms with van der Waals surface area (Å²) in [5.74, 6) is 0. The van der Waals surface area contributed by atoms with Crippen LogP contribution in [0.4, 0.5) is 18.9 Å². The van der Waals surface area contributed by atoms with Gasteiger partial charge in [0.15, 0.2) is 0 Å². The first kappa shape index (κ1) is 13.8. The number of nitrogens with one attached hydrogen (secondary N) is 1. The Kier molecular flexibility index (Phi) is 4.03. The monoisotopic (exact) mass is 246 g/mol. The molecule has 0 aliphatic heterocycles. The van der Waals surface area contributed by atoms with Gasteiger partial charge in [0.2, 0.25) is 0 Å². The molecule has 0 amide bonds. The Bertz CT molecular complexity index is 353. The highest BCUT2D eigenvalue weighted by Gasteiger charge is 2.30. The molecule has 0 radical (unpaired) electrons. The number of alkyl halides is 3. The van der Waals surface area contributed by atoms with Gasteiger partial charge in [0.25, 0.3) is 0 Å². The van der Waals surface area contributed by atoms with Gasteiger partial charge >= 0.3 is 6.18 Å². The van der Waals surface area contributed by atoms with E-state index in [2.05, 4.69) is 5.32 Å². The normalized spacial score (nSPS) is 15.4. The molecule has 17 heavy (non-hydrogen) atoms. The number of benzene rings is 1. The van der Waals surface area contributed by atoms with E-state index in [1.165, 1.54) is 12.1 Å². The highest BCUT2D eigenvalue weighted by molar-refractivity contribution is 5.47. The largest absolute Gasteiger partial charge is 0.416 e. The Morgan fingerprint density at radius 1 is 1.18 bits per heavy atom. The SMILES string of the molecule is CCC(C)(CN)Nc1ccc(C(F)(F)F)cc1. The lowest BCUT2D eigenvalue weighted by molar-refractivity contribution is -0.137. The van der Waals surface area contributed by atoms with Crippen LogP contribution in [0.3, 0.4) is 0 Å². The summed E-state index contributed by atoms with van der Waals surface area (Å²) in [5, 5.41) is 3.14. The quantitative estimate of drug-likeness (QED) is 0.855. The van der Waals surface area contributed by atoms with Gasteiger partial charge in [-0.3, -0.25) is 0 Å². The van der Waals surface area contributed by atoms with Gasteiger partial charge in [-0.2, -0.15) is 13.2 Å². The molecular weight excluding hydrogens is 229 g/mol. The summed E-state index contributed by atoms with van der Waals surface area (Å²) in [5.41, 5.74) is 5.33. The molecule has 0 spiro atoms. The minimum Gasteiger partial charge on any atom is -0.379 e. The number of rotatable bonds is 4. The second-order valence-electron chi connectivity index (χ2n) is 4.32. The van der Waals surface area contributed by atoms with E-state index in [-0.39, 0.29) is 5.54 Å². The number of nitrogens with two attached hydrogens (primary N) is 1. The van der Waals surface area contributed by atoms with E-state index in [0.717, 1.165) is 18.6 Å². The van der Waals surface area contributed by atoms with Crippen LogP contribution in [0.1, 0.15) is 25.8 Å². The summed E-state index contributed by atoms with van der Waals surface area (Å²) >= 11 is 0. The molecule has 96 valence electrons. The Labute approximate surface area is 99.0 Å². The maximum atomic E-state index is 12.3. The zero-order chi connectivity index (χ0) is 13.1. The molecule has 1 rings (SSSR count). The number of halogens is 3. The first-order chi connectivity index (χ1) is 7.80. The fourth-order valence-corrected chi connectivity index (χ4v) is 1.37. The summed E-state index contributed by atoms with van der Waals surface area (Å²) in [6.45, 7) is 4.33. The molecule has 0 saturated carbocycles. The summed E-state index contributed by atoms with van der Waals surface area (Å²) in [4.78, 5) is 0. The van der Waals surface area contributed by atoms with Crippen molar-refractivity contribution in [3.05, 3.63) is 29.8 Å². The molecule has 5 heteroatoms. The summed E-state index contributed by atoms with van der Waals surface area (Å²) in [6, 6.07) is 4.97. The number of anilines is 1. The third-order valence-corrected chi connectivity index (χ3v) is 2.89. The van der Waals surface area contributed by atoms with Crippen LogP contribution < -0.4 is 11.1 Å². The van der Waals surface area contributed by atoms with E-state index in [9.17, 15) is 13.2 Å². The van der Waals surface area contributed by atoms with E-state index < -0.39 is 11.7 Å².